The quantitative estimate of drug-likeness (QED) is 0.403. The van der Waals surface area contributed by atoms with Crippen molar-refractivity contribution in [3.63, 3.8) is 0 Å². The summed E-state index contributed by atoms with van der Waals surface area (Å²) in [5, 5.41) is -0.293. The van der Waals surface area contributed by atoms with E-state index in [9.17, 15) is 17.6 Å². The van der Waals surface area contributed by atoms with Crippen molar-refractivity contribution < 1.29 is 22.0 Å². The molecule has 132 valence electrons. The molecule has 4 aromatic rings. The Hall–Kier alpha value is -3.02. The van der Waals surface area contributed by atoms with Gasteiger partial charge in [0.2, 0.25) is 0 Å². The summed E-state index contributed by atoms with van der Waals surface area (Å²) in [5.74, 6) is -0.682. The second kappa shape index (κ2) is 5.76. The number of alkyl halides is 3. The fraction of sp³-hybridized carbons (Fsp3) is 0.100. The zero-order valence-electron chi connectivity index (χ0n) is 13.6. The number of fused-ring (bicyclic) bond motifs is 1. The molecule has 0 aliphatic rings. The summed E-state index contributed by atoms with van der Waals surface area (Å²) in [6.45, 7) is 1.98. The molecule has 0 bridgehead atoms. The summed E-state index contributed by atoms with van der Waals surface area (Å²) in [6.07, 6.45) is -4.59. The van der Waals surface area contributed by atoms with Crippen molar-refractivity contribution in [2.45, 2.75) is 13.1 Å². The van der Waals surface area contributed by atoms with Crippen molar-refractivity contribution in [3.05, 3.63) is 71.5 Å². The predicted molar refractivity (Wildman–Crippen MR) is 91.1 cm³/mol. The molecule has 2 aromatic carbocycles. The molecule has 0 spiro atoms. The van der Waals surface area contributed by atoms with Crippen LogP contribution in [-0.2, 0) is 6.18 Å². The molecule has 2 aromatic heterocycles. The minimum atomic E-state index is -4.59. The molecule has 6 heteroatoms. The highest BCUT2D eigenvalue weighted by atomic mass is 19.4. The van der Waals surface area contributed by atoms with E-state index in [0.29, 0.717) is 5.69 Å². The summed E-state index contributed by atoms with van der Waals surface area (Å²) >= 11 is 0. The van der Waals surface area contributed by atoms with Crippen LogP contribution in [-0.4, -0.2) is 4.98 Å². The maximum Gasteiger partial charge on any atom is 0.417 e. The minimum Gasteiger partial charge on any atom is -0.451 e. The van der Waals surface area contributed by atoms with Crippen molar-refractivity contribution in [3.8, 4) is 22.7 Å². The molecule has 1 N–H and O–H groups in total. The first kappa shape index (κ1) is 16.4. The lowest BCUT2D eigenvalue weighted by Crippen LogP contribution is -2.05. The number of aromatic nitrogens is 1. The van der Waals surface area contributed by atoms with Crippen molar-refractivity contribution in [1.29, 1.82) is 0 Å². The van der Waals surface area contributed by atoms with Gasteiger partial charge in [-0.2, -0.15) is 13.2 Å². The van der Waals surface area contributed by atoms with Crippen LogP contribution in [0.25, 0.3) is 33.7 Å². The average molecular weight is 359 g/mol. The summed E-state index contributed by atoms with van der Waals surface area (Å²) in [5.41, 5.74) is 1.99. The zero-order chi connectivity index (χ0) is 18.5. The number of aromatic amines is 1. The molecule has 0 radical (unpaired) electrons. The average Bonchev–Trinajstić information content (AvgIpc) is 3.21. The van der Waals surface area contributed by atoms with Crippen LogP contribution in [0.4, 0.5) is 17.6 Å². The molecule has 0 saturated heterocycles. The van der Waals surface area contributed by atoms with Gasteiger partial charge in [-0.3, -0.25) is 0 Å². The lowest BCUT2D eigenvalue weighted by Gasteiger charge is -2.06. The molecule has 0 saturated carbocycles. The molecule has 26 heavy (non-hydrogen) atoms. The van der Waals surface area contributed by atoms with Crippen LogP contribution in [0.3, 0.4) is 0 Å². The molecule has 0 atom stereocenters. The van der Waals surface area contributed by atoms with Crippen LogP contribution in [0, 0.1) is 12.7 Å². The highest BCUT2D eigenvalue weighted by Gasteiger charge is 2.34. The SMILES string of the molecule is Cc1ccc(-c2ccc(-c3cc4c(C(F)(F)F)ccc(F)c4o3)[nH]2)cc1. The van der Waals surface area contributed by atoms with Gasteiger partial charge in [0.25, 0.3) is 0 Å². The highest BCUT2D eigenvalue weighted by molar-refractivity contribution is 5.86. The van der Waals surface area contributed by atoms with Gasteiger partial charge in [-0.1, -0.05) is 29.8 Å². The second-order valence-corrected chi connectivity index (χ2v) is 6.10. The fourth-order valence-corrected chi connectivity index (χ4v) is 2.91. The minimum absolute atomic E-state index is 0.147. The fourth-order valence-electron chi connectivity index (χ4n) is 2.91. The van der Waals surface area contributed by atoms with E-state index in [-0.39, 0.29) is 11.1 Å². The number of hydrogen-bond donors (Lipinski definition) is 1. The Bertz CT molecular complexity index is 1090. The Balaban J connectivity index is 1.81. The number of rotatable bonds is 2. The topological polar surface area (TPSA) is 28.9 Å². The Labute approximate surface area is 146 Å². The molecular weight excluding hydrogens is 346 g/mol. The molecular formula is C20H13F4NO. The number of halogens is 4. The highest BCUT2D eigenvalue weighted by Crippen LogP contribution is 2.39. The number of hydrogen-bond acceptors (Lipinski definition) is 1. The van der Waals surface area contributed by atoms with Crippen LogP contribution < -0.4 is 0 Å². The van der Waals surface area contributed by atoms with Crippen molar-refractivity contribution in [2.24, 2.45) is 0 Å². The summed E-state index contributed by atoms with van der Waals surface area (Å²) in [4.78, 5) is 3.11. The van der Waals surface area contributed by atoms with E-state index in [1.54, 1.807) is 12.1 Å². The maximum atomic E-state index is 13.9. The van der Waals surface area contributed by atoms with Crippen LogP contribution >= 0.6 is 0 Å². The van der Waals surface area contributed by atoms with Crippen molar-refractivity contribution >= 4 is 11.0 Å². The second-order valence-electron chi connectivity index (χ2n) is 6.10. The molecule has 4 rings (SSSR count). The summed E-state index contributed by atoms with van der Waals surface area (Å²) in [7, 11) is 0. The Morgan fingerprint density at radius 1 is 0.885 bits per heavy atom. The largest absolute Gasteiger partial charge is 0.451 e. The molecule has 0 fully saturated rings. The Kier molecular flexibility index (Phi) is 3.64. The Morgan fingerprint density at radius 3 is 2.27 bits per heavy atom. The number of benzene rings is 2. The van der Waals surface area contributed by atoms with Gasteiger partial charge in [0, 0.05) is 11.1 Å². The molecule has 0 aliphatic carbocycles. The van der Waals surface area contributed by atoms with Gasteiger partial charge in [-0.05, 0) is 42.8 Å². The van der Waals surface area contributed by atoms with Crippen LogP contribution in [0.15, 0.2) is 59.0 Å². The van der Waals surface area contributed by atoms with E-state index < -0.39 is 23.1 Å². The van der Waals surface area contributed by atoms with Gasteiger partial charge in [-0.15, -0.1) is 0 Å². The maximum absolute atomic E-state index is 13.9. The molecule has 0 unspecified atom stereocenters. The van der Waals surface area contributed by atoms with Crippen molar-refractivity contribution in [2.75, 3.05) is 0 Å². The number of aryl methyl sites for hydroxylation is 1. The van der Waals surface area contributed by atoms with E-state index in [0.717, 1.165) is 29.0 Å². The van der Waals surface area contributed by atoms with Crippen molar-refractivity contribution in [1.82, 2.24) is 4.98 Å². The third-order valence-corrected chi connectivity index (χ3v) is 4.25. The molecule has 2 nitrogen and oxygen atoms in total. The van der Waals surface area contributed by atoms with E-state index in [1.807, 2.05) is 31.2 Å². The summed E-state index contributed by atoms with van der Waals surface area (Å²) in [6, 6.07) is 14.0. The lowest BCUT2D eigenvalue weighted by atomic mass is 10.1. The normalized spacial score (nSPS) is 12.0. The predicted octanol–water partition coefficient (Wildman–Crippen LogP) is 6.56. The van der Waals surface area contributed by atoms with E-state index >= 15 is 0 Å². The van der Waals surface area contributed by atoms with Gasteiger partial charge >= 0.3 is 6.18 Å². The number of furan rings is 1. The van der Waals surface area contributed by atoms with Gasteiger partial charge in [-0.25, -0.2) is 4.39 Å². The van der Waals surface area contributed by atoms with Crippen LogP contribution in [0.1, 0.15) is 11.1 Å². The third kappa shape index (κ3) is 2.77. The Morgan fingerprint density at radius 2 is 1.58 bits per heavy atom. The zero-order valence-corrected chi connectivity index (χ0v) is 13.6. The molecule has 2 heterocycles. The van der Waals surface area contributed by atoms with E-state index in [4.69, 9.17) is 4.42 Å². The smallest absolute Gasteiger partial charge is 0.417 e. The van der Waals surface area contributed by atoms with Crippen LogP contribution in [0.5, 0.6) is 0 Å². The van der Waals surface area contributed by atoms with Crippen LogP contribution in [0.2, 0.25) is 0 Å². The van der Waals surface area contributed by atoms with Gasteiger partial charge in [0.05, 0.1) is 11.3 Å². The first-order chi connectivity index (χ1) is 12.3. The van der Waals surface area contributed by atoms with Gasteiger partial charge in [0.15, 0.2) is 17.2 Å². The van der Waals surface area contributed by atoms with Gasteiger partial charge < -0.3 is 9.40 Å². The van der Waals surface area contributed by atoms with Gasteiger partial charge in [0.1, 0.15) is 0 Å². The number of H-pyrrole nitrogens is 1. The van der Waals surface area contributed by atoms with E-state index in [1.165, 1.54) is 6.07 Å². The summed E-state index contributed by atoms with van der Waals surface area (Å²) < 4.78 is 58.7. The standard InChI is InChI=1S/C20H13F4NO/c1-11-2-4-12(5-3-11)16-8-9-17(25-16)18-10-13-14(20(22,23)24)6-7-15(21)19(13)26-18/h2-10,25H,1H3. The first-order valence-electron chi connectivity index (χ1n) is 7.88. The monoisotopic (exact) mass is 359 g/mol. The molecule has 0 amide bonds. The molecule has 0 aliphatic heterocycles. The number of nitrogens with one attached hydrogen (secondary N) is 1. The lowest BCUT2D eigenvalue weighted by molar-refractivity contribution is -0.136. The third-order valence-electron chi connectivity index (χ3n) is 4.25. The first-order valence-corrected chi connectivity index (χ1v) is 7.88. The van der Waals surface area contributed by atoms with E-state index in [2.05, 4.69) is 4.98 Å².